The van der Waals surface area contributed by atoms with Gasteiger partial charge in [0.1, 0.15) is 0 Å². The summed E-state index contributed by atoms with van der Waals surface area (Å²) >= 11 is 6.34. The average Bonchev–Trinajstić information content (AvgIpc) is 2.87. The molecule has 1 aliphatic heterocycles. The van der Waals surface area contributed by atoms with Gasteiger partial charge in [0.05, 0.1) is 29.6 Å². The number of rotatable bonds is 5. The molecule has 0 aromatic heterocycles. The highest BCUT2D eigenvalue weighted by Crippen LogP contribution is 2.38. The molecule has 2 aromatic carbocycles. The summed E-state index contributed by atoms with van der Waals surface area (Å²) in [4.78, 5) is 14.9. The zero-order valence-electron chi connectivity index (χ0n) is 16.6. The summed E-state index contributed by atoms with van der Waals surface area (Å²) in [5.74, 6) is 0.932. The van der Waals surface area contributed by atoms with Crippen LogP contribution in [0.15, 0.2) is 41.3 Å². The van der Waals surface area contributed by atoms with Crippen LogP contribution in [0.3, 0.4) is 0 Å². The quantitative estimate of drug-likeness (QED) is 0.709. The molecule has 6 nitrogen and oxygen atoms in total. The van der Waals surface area contributed by atoms with Crippen molar-refractivity contribution in [3.63, 3.8) is 0 Å². The Morgan fingerprint density at radius 3 is 2.41 bits per heavy atom. The number of benzene rings is 2. The number of halogens is 1. The zero-order chi connectivity index (χ0) is 21.2. The van der Waals surface area contributed by atoms with Crippen LogP contribution in [-0.4, -0.2) is 39.8 Å². The van der Waals surface area contributed by atoms with E-state index in [2.05, 4.69) is 0 Å². The zero-order valence-corrected chi connectivity index (χ0v) is 18.2. The van der Waals surface area contributed by atoms with Gasteiger partial charge >= 0.3 is 0 Å². The van der Waals surface area contributed by atoms with Crippen LogP contribution in [0, 0.1) is 0 Å². The average molecular weight is 438 g/mol. The highest BCUT2D eigenvalue weighted by molar-refractivity contribution is 7.90. The topological polar surface area (TPSA) is 72.9 Å². The lowest BCUT2D eigenvalue weighted by Crippen LogP contribution is -2.38. The first kappa shape index (κ1) is 21.5. The van der Waals surface area contributed by atoms with Crippen LogP contribution in [0.4, 0.5) is 5.69 Å². The first-order valence-corrected chi connectivity index (χ1v) is 11.6. The summed E-state index contributed by atoms with van der Waals surface area (Å²) in [5.41, 5.74) is 1.36. The van der Waals surface area contributed by atoms with Crippen LogP contribution in [0.2, 0.25) is 5.02 Å². The lowest BCUT2D eigenvalue weighted by molar-refractivity contribution is -0.118. The van der Waals surface area contributed by atoms with Gasteiger partial charge in [-0.1, -0.05) is 11.6 Å². The molecular formula is C21H24ClNO5S. The number of carbonyl (C=O) groups excluding carboxylic acids is 1. The maximum absolute atomic E-state index is 13.1. The molecule has 0 saturated heterocycles. The van der Waals surface area contributed by atoms with Crippen LogP contribution in [0.5, 0.6) is 11.5 Å². The van der Waals surface area contributed by atoms with E-state index in [0.717, 1.165) is 18.2 Å². The van der Waals surface area contributed by atoms with Crippen LogP contribution in [0.1, 0.15) is 25.8 Å². The number of ether oxygens (including phenoxy) is 2. The van der Waals surface area contributed by atoms with E-state index in [4.69, 9.17) is 21.1 Å². The highest BCUT2D eigenvalue weighted by atomic mass is 35.5. The van der Waals surface area contributed by atoms with Gasteiger partial charge in [0.25, 0.3) is 0 Å². The third kappa shape index (κ3) is 5.03. The van der Waals surface area contributed by atoms with Gasteiger partial charge < -0.3 is 14.4 Å². The van der Waals surface area contributed by atoms with Gasteiger partial charge in [-0.2, -0.15) is 0 Å². The number of fused-ring (bicyclic) bond motifs is 1. The molecule has 156 valence electrons. The van der Waals surface area contributed by atoms with Crippen LogP contribution < -0.4 is 14.4 Å². The van der Waals surface area contributed by atoms with E-state index in [1.165, 1.54) is 12.1 Å². The van der Waals surface area contributed by atoms with E-state index in [-0.39, 0.29) is 23.3 Å². The van der Waals surface area contributed by atoms with Gasteiger partial charge in [0.15, 0.2) is 21.3 Å². The molecule has 0 radical (unpaired) electrons. The Balaban J connectivity index is 1.85. The Morgan fingerprint density at radius 1 is 1.14 bits per heavy atom. The number of hydrogen-bond acceptors (Lipinski definition) is 5. The maximum Gasteiger partial charge on any atom is 0.231 e. The predicted molar refractivity (Wildman–Crippen MR) is 113 cm³/mol. The first-order valence-electron chi connectivity index (χ1n) is 9.37. The van der Waals surface area contributed by atoms with Crippen LogP contribution in [0.25, 0.3) is 0 Å². The molecule has 0 aliphatic carbocycles. The Morgan fingerprint density at radius 2 is 1.79 bits per heavy atom. The fraction of sp³-hybridized carbons (Fsp3) is 0.381. The molecule has 1 aliphatic rings. The molecule has 0 N–H and O–H groups in total. The van der Waals surface area contributed by atoms with Crippen molar-refractivity contribution in [2.45, 2.75) is 37.6 Å². The smallest absolute Gasteiger partial charge is 0.231 e. The van der Waals surface area contributed by atoms with Crippen molar-refractivity contribution in [1.82, 2.24) is 0 Å². The fourth-order valence-corrected chi connectivity index (χ4v) is 4.15. The van der Waals surface area contributed by atoms with E-state index in [1.54, 1.807) is 29.2 Å². The molecular weight excluding hydrogens is 414 g/mol. The molecule has 0 bridgehead atoms. The molecule has 29 heavy (non-hydrogen) atoms. The second kappa shape index (κ2) is 8.63. The van der Waals surface area contributed by atoms with E-state index >= 15 is 0 Å². The van der Waals surface area contributed by atoms with Gasteiger partial charge in [0, 0.05) is 24.4 Å². The Labute approximate surface area is 176 Å². The van der Waals surface area contributed by atoms with E-state index in [9.17, 15) is 13.2 Å². The van der Waals surface area contributed by atoms with Gasteiger partial charge in [-0.15, -0.1) is 0 Å². The largest absolute Gasteiger partial charge is 0.489 e. The minimum atomic E-state index is -3.29. The molecule has 0 spiro atoms. The molecule has 1 heterocycles. The van der Waals surface area contributed by atoms with Crippen molar-refractivity contribution in [2.24, 2.45) is 0 Å². The molecule has 8 heteroatoms. The molecule has 0 atom stereocenters. The van der Waals surface area contributed by atoms with Gasteiger partial charge in [0.2, 0.25) is 5.91 Å². The van der Waals surface area contributed by atoms with Gasteiger partial charge in [-0.25, -0.2) is 8.42 Å². The lowest BCUT2D eigenvalue weighted by Gasteiger charge is -2.27. The number of anilines is 1. The van der Waals surface area contributed by atoms with E-state index < -0.39 is 9.84 Å². The number of nitrogens with zero attached hydrogens (tertiary/aromatic N) is 1. The van der Waals surface area contributed by atoms with Crippen LogP contribution in [-0.2, 0) is 21.1 Å². The number of sulfone groups is 1. The number of amides is 1. The number of hydrogen-bond donors (Lipinski definition) is 0. The minimum absolute atomic E-state index is 0.109. The predicted octanol–water partition coefficient (Wildman–Crippen LogP) is 3.89. The van der Waals surface area contributed by atoms with Crippen molar-refractivity contribution in [1.29, 1.82) is 0 Å². The monoisotopic (exact) mass is 437 g/mol. The highest BCUT2D eigenvalue weighted by Gasteiger charge is 2.22. The Hall–Kier alpha value is -2.25. The van der Waals surface area contributed by atoms with Crippen LogP contribution >= 0.6 is 11.6 Å². The van der Waals surface area contributed by atoms with Crippen molar-refractivity contribution in [2.75, 3.05) is 24.4 Å². The summed E-state index contributed by atoms with van der Waals surface area (Å²) in [5, 5.41) is 0.417. The molecule has 0 fully saturated rings. The summed E-state index contributed by atoms with van der Waals surface area (Å²) in [6.07, 6.45) is 2.05. The molecule has 0 saturated carbocycles. The minimum Gasteiger partial charge on any atom is -0.489 e. The van der Waals surface area contributed by atoms with Crippen molar-refractivity contribution in [3.05, 3.63) is 47.0 Å². The molecule has 2 aromatic rings. The lowest BCUT2D eigenvalue weighted by atomic mass is 10.1. The Kier molecular flexibility index (Phi) is 6.39. The van der Waals surface area contributed by atoms with Gasteiger partial charge in [-0.05, 0) is 55.8 Å². The molecule has 1 amide bonds. The summed E-state index contributed by atoms with van der Waals surface area (Å²) < 4.78 is 34.7. The van der Waals surface area contributed by atoms with E-state index in [0.29, 0.717) is 35.4 Å². The van der Waals surface area contributed by atoms with Crippen molar-refractivity contribution >= 4 is 33.0 Å². The third-order valence-electron chi connectivity index (χ3n) is 4.55. The fourth-order valence-electron chi connectivity index (χ4n) is 3.23. The summed E-state index contributed by atoms with van der Waals surface area (Å²) in [7, 11) is -3.29. The second-order valence-corrected chi connectivity index (χ2v) is 9.68. The normalized spacial score (nSPS) is 13.8. The summed E-state index contributed by atoms with van der Waals surface area (Å²) in [6.45, 7) is 4.88. The van der Waals surface area contributed by atoms with E-state index in [1.807, 2.05) is 13.8 Å². The van der Waals surface area contributed by atoms with Gasteiger partial charge in [-0.3, -0.25) is 4.79 Å². The Bertz CT molecular complexity index is 1000. The van der Waals surface area contributed by atoms with Crippen molar-refractivity contribution < 1.29 is 22.7 Å². The number of carbonyl (C=O) groups is 1. The maximum atomic E-state index is 13.1. The first-order chi connectivity index (χ1) is 13.7. The standard InChI is InChI=1S/C21H24ClNO5S/c1-14(2)23(16-5-7-17(8-6-16)29(3,25)26)20(24)13-15-11-18(22)21-19(12-15)27-9-4-10-28-21/h5-8,11-12,14H,4,9-10,13H2,1-3H3. The second-order valence-electron chi connectivity index (χ2n) is 7.26. The molecule has 0 unspecified atom stereocenters. The van der Waals surface area contributed by atoms with Crippen molar-refractivity contribution in [3.8, 4) is 11.5 Å². The molecule has 3 rings (SSSR count). The summed E-state index contributed by atoms with van der Waals surface area (Å²) in [6, 6.07) is 9.72. The third-order valence-corrected chi connectivity index (χ3v) is 5.95. The SMILES string of the molecule is CC(C)N(C(=O)Cc1cc(Cl)c2c(c1)OCCCO2)c1ccc(S(C)(=O)=O)cc1.